The van der Waals surface area contributed by atoms with Crippen molar-refractivity contribution in [3.63, 3.8) is 0 Å². The summed E-state index contributed by atoms with van der Waals surface area (Å²) in [6.45, 7) is 6.26. The maximum Gasteiger partial charge on any atom is 0.317 e. The molecular formula is C24H39N3O3S. The zero-order valence-electron chi connectivity index (χ0n) is 19.1. The fourth-order valence-electron chi connectivity index (χ4n) is 4.69. The molecular weight excluding hydrogens is 410 g/mol. The van der Waals surface area contributed by atoms with E-state index in [0.29, 0.717) is 29.3 Å². The summed E-state index contributed by atoms with van der Waals surface area (Å²) < 4.78 is 27.9. The van der Waals surface area contributed by atoms with Crippen LogP contribution in [0.25, 0.3) is 0 Å². The Kier molecular flexibility index (Phi) is 8.78. The molecule has 2 amide bonds. The number of carbonyl (C=O) groups is 1. The monoisotopic (exact) mass is 449 g/mol. The molecule has 174 valence electrons. The van der Waals surface area contributed by atoms with Crippen molar-refractivity contribution in [3.05, 3.63) is 29.8 Å². The third-order valence-electron chi connectivity index (χ3n) is 6.56. The van der Waals surface area contributed by atoms with E-state index in [9.17, 15) is 13.2 Å². The minimum atomic E-state index is -3.47. The van der Waals surface area contributed by atoms with Gasteiger partial charge in [-0.2, -0.15) is 0 Å². The van der Waals surface area contributed by atoms with Gasteiger partial charge in [0, 0.05) is 25.7 Å². The fraction of sp³-hybridized carbons (Fsp3) is 0.708. The van der Waals surface area contributed by atoms with Crippen molar-refractivity contribution in [1.82, 2.24) is 14.9 Å². The zero-order valence-corrected chi connectivity index (χ0v) is 19.9. The second kappa shape index (κ2) is 11.3. The van der Waals surface area contributed by atoms with Gasteiger partial charge in [0.2, 0.25) is 10.0 Å². The van der Waals surface area contributed by atoms with E-state index >= 15 is 0 Å². The number of amides is 2. The number of carbonyl (C=O) groups excluding carboxylic acids is 1. The third-order valence-corrected chi connectivity index (χ3v) is 8.03. The van der Waals surface area contributed by atoms with Gasteiger partial charge >= 0.3 is 6.03 Å². The fourth-order valence-corrected chi connectivity index (χ4v) is 5.74. The molecule has 0 radical (unpaired) electrons. The molecule has 7 heteroatoms. The molecule has 0 bridgehead atoms. The van der Waals surface area contributed by atoms with Crippen molar-refractivity contribution in [2.45, 2.75) is 82.6 Å². The summed E-state index contributed by atoms with van der Waals surface area (Å²) >= 11 is 0. The second-order valence-corrected chi connectivity index (χ2v) is 11.4. The van der Waals surface area contributed by atoms with E-state index in [-0.39, 0.29) is 6.03 Å². The van der Waals surface area contributed by atoms with Gasteiger partial charge < -0.3 is 10.2 Å². The number of nitrogens with one attached hydrogen (secondary N) is 2. The minimum Gasteiger partial charge on any atom is -0.335 e. The van der Waals surface area contributed by atoms with Gasteiger partial charge in [-0.25, -0.2) is 17.9 Å². The molecule has 0 atom stereocenters. The molecule has 1 heterocycles. The number of piperidine rings is 1. The lowest BCUT2D eigenvalue weighted by molar-refractivity contribution is 0.162. The third kappa shape index (κ3) is 7.49. The number of nitrogens with zero attached hydrogens (tertiary/aromatic N) is 1. The summed E-state index contributed by atoms with van der Waals surface area (Å²) in [5, 5.41) is 3.19. The minimum absolute atomic E-state index is 0.0759. The van der Waals surface area contributed by atoms with Crippen molar-refractivity contribution in [2.75, 3.05) is 19.6 Å². The SMILES string of the molecule is CC(C)Cc1ccc(S(=O)(=O)NCCC2CCN(C(=O)NC3CCCCC3)CC2)cc1. The smallest absolute Gasteiger partial charge is 0.317 e. The van der Waals surface area contributed by atoms with Crippen molar-refractivity contribution in [3.8, 4) is 0 Å². The Morgan fingerprint density at radius 2 is 1.68 bits per heavy atom. The van der Waals surface area contributed by atoms with Crippen LogP contribution < -0.4 is 10.0 Å². The van der Waals surface area contributed by atoms with Crippen LogP contribution in [0.3, 0.4) is 0 Å². The quantitative estimate of drug-likeness (QED) is 0.621. The highest BCUT2D eigenvalue weighted by Crippen LogP contribution is 2.22. The Hall–Kier alpha value is -1.60. The highest BCUT2D eigenvalue weighted by Gasteiger charge is 2.25. The first-order chi connectivity index (χ1) is 14.8. The number of hydrogen-bond donors (Lipinski definition) is 2. The number of rotatable bonds is 8. The highest BCUT2D eigenvalue weighted by atomic mass is 32.2. The van der Waals surface area contributed by atoms with Crippen LogP contribution in [0, 0.1) is 11.8 Å². The molecule has 2 N–H and O–H groups in total. The number of benzene rings is 1. The van der Waals surface area contributed by atoms with Crippen LogP contribution in [0.1, 0.15) is 70.8 Å². The summed E-state index contributed by atoms with van der Waals surface area (Å²) in [7, 11) is -3.47. The van der Waals surface area contributed by atoms with Gasteiger partial charge in [-0.05, 0) is 68.1 Å². The van der Waals surface area contributed by atoms with E-state index in [2.05, 4.69) is 23.9 Å². The zero-order chi connectivity index (χ0) is 22.3. The molecule has 1 saturated heterocycles. The summed E-state index contributed by atoms with van der Waals surface area (Å²) in [5.41, 5.74) is 1.16. The Morgan fingerprint density at radius 1 is 1.03 bits per heavy atom. The van der Waals surface area contributed by atoms with E-state index in [1.54, 1.807) is 12.1 Å². The topological polar surface area (TPSA) is 78.5 Å². The first kappa shape index (κ1) is 24.1. The van der Waals surface area contributed by atoms with Gasteiger partial charge in [0.05, 0.1) is 4.90 Å². The Labute approximate surface area is 188 Å². The van der Waals surface area contributed by atoms with Crippen LogP contribution >= 0.6 is 0 Å². The first-order valence-electron chi connectivity index (χ1n) is 12.0. The highest BCUT2D eigenvalue weighted by molar-refractivity contribution is 7.89. The van der Waals surface area contributed by atoms with E-state index < -0.39 is 10.0 Å². The van der Waals surface area contributed by atoms with E-state index in [1.165, 1.54) is 19.3 Å². The lowest BCUT2D eigenvalue weighted by atomic mass is 9.93. The predicted octanol–water partition coefficient (Wildman–Crippen LogP) is 4.31. The molecule has 1 aliphatic heterocycles. The van der Waals surface area contributed by atoms with Gasteiger partial charge in [-0.15, -0.1) is 0 Å². The van der Waals surface area contributed by atoms with Gasteiger partial charge in [0.1, 0.15) is 0 Å². The van der Waals surface area contributed by atoms with Gasteiger partial charge in [-0.3, -0.25) is 0 Å². The van der Waals surface area contributed by atoms with E-state index in [0.717, 1.165) is 57.2 Å². The Balaban J connectivity index is 1.37. The van der Waals surface area contributed by atoms with Crippen LogP contribution in [0.2, 0.25) is 0 Å². The molecule has 1 aliphatic carbocycles. The summed E-state index contributed by atoms with van der Waals surface area (Å²) in [4.78, 5) is 14.7. The molecule has 2 aliphatic rings. The number of sulfonamides is 1. The molecule has 0 spiro atoms. The number of likely N-dealkylation sites (tertiary alicyclic amines) is 1. The molecule has 1 aromatic rings. The van der Waals surface area contributed by atoms with Gasteiger partial charge in [-0.1, -0.05) is 45.2 Å². The molecule has 31 heavy (non-hydrogen) atoms. The Morgan fingerprint density at radius 3 is 2.29 bits per heavy atom. The second-order valence-electron chi connectivity index (χ2n) is 9.64. The number of hydrogen-bond acceptors (Lipinski definition) is 3. The normalized spacial score (nSPS) is 19.0. The molecule has 3 rings (SSSR count). The predicted molar refractivity (Wildman–Crippen MR) is 124 cm³/mol. The van der Waals surface area contributed by atoms with Crippen LogP contribution in [0.5, 0.6) is 0 Å². The maximum atomic E-state index is 12.6. The standard InChI is InChI=1S/C24H39N3O3S/c1-19(2)18-21-8-10-23(11-9-21)31(29,30)25-15-12-20-13-16-27(17-14-20)24(28)26-22-6-4-3-5-7-22/h8-11,19-20,22,25H,3-7,12-18H2,1-2H3,(H,26,28). The van der Waals surface area contributed by atoms with Crippen molar-refractivity contribution < 1.29 is 13.2 Å². The largest absolute Gasteiger partial charge is 0.335 e. The van der Waals surface area contributed by atoms with Crippen LogP contribution in [0.15, 0.2) is 29.2 Å². The lowest BCUT2D eigenvalue weighted by Crippen LogP contribution is -2.48. The molecule has 6 nitrogen and oxygen atoms in total. The molecule has 0 unspecified atom stereocenters. The van der Waals surface area contributed by atoms with E-state index in [1.807, 2.05) is 17.0 Å². The summed E-state index contributed by atoms with van der Waals surface area (Å²) in [6, 6.07) is 7.62. The van der Waals surface area contributed by atoms with E-state index in [4.69, 9.17) is 0 Å². The van der Waals surface area contributed by atoms with Crippen molar-refractivity contribution in [1.29, 1.82) is 0 Å². The molecule has 2 fully saturated rings. The van der Waals surface area contributed by atoms with Gasteiger partial charge in [0.15, 0.2) is 0 Å². The van der Waals surface area contributed by atoms with Crippen LogP contribution in [0.4, 0.5) is 4.79 Å². The Bertz CT molecular complexity index is 794. The number of urea groups is 1. The lowest BCUT2D eigenvalue weighted by Gasteiger charge is -2.34. The maximum absolute atomic E-state index is 12.6. The average Bonchev–Trinajstić information content (AvgIpc) is 2.75. The average molecular weight is 450 g/mol. The summed E-state index contributed by atoms with van der Waals surface area (Å²) in [6.07, 6.45) is 9.54. The summed E-state index contributed by atoms with van der Waals surface area (Å²) in [5.74, 6) is 1.00. The van der Waals surface area contributed by atoms with Gasteiger partial charge in [0.25, 0.3) is 0 Å². The van der Waals surface area contributed by atoms with Crippen LogP contribution in [-0.2, 0) is 16.4 Å². The molecule has 1 saturated carbocycles. The van der Waals surface area contributed by atoms with Crippen molar-refractivity contribution in [2.24, 2.45) is 11.8 Å². The van der Waals surface area contributed by atoms with Crippen LogP contribution in [-0.4, -0.2) is 45.0 Å². The first-order valence-corrected chi connectivity index (χ1v) is 13.5. The molecule has 0 aromatic heterocycles. The van der Waals surface area contributed by atoms with Crippen molar-refractivity contribution >= 4 is 16.1 Å². The molecule has 1 aromatic carbocycles.